The van der Waals surface area contributed by atoms with Crippen LogP contribution in [0.25, 0.3) is 0 Å². The molecule has 1 fully saturated rings. The molecule has 1 spiro atoms. The molecule has 3 amide bonds. The third-order valence-electron chi connectivity index (χ3n) is 6.48. The first kappa shape index (κ1) is 21.7. The number of carbonyl (C=O) groups excluding carboxylic acids is 2. The molecule has 1 aliphatic heterocycles. The van der Waals surface area contributed by atoms with Crippen LogP contribution >= 0.6 is 0 Å². The van der Waals surface area contributed by atoms with Gasteiger partial charge in [0.15, 0.2) is 11.6 Å². The minimum atomic E-state index is -1.03. The van der Waals surface area contributed by atoms with Gasteiger partial charge in [-0.2, -0.15) is 0 Å². The predicted octanol–water partition coefficient (Wildman–Crippen LogP) is 4.17. The molecule has 1 atom stereocenters. The number of fused-ring (bicyclic) bond motifs is 2. The van der Waals surface area contributed by atoms with Gasteiger partial charge in [-0.15, -0.1) is 0 Å². The Morgan fingerprint density at radius 3 is 2.47 bits per heavy atom. The number of aromatic nitrogens is 2. The zero-order valence-corrected chi connectivity index (χ0v) is 18.4. The minimum Gasteiger partial charge on any atom is -0.317 e. The van der Waals surface area contributed by atoms with E-state index in [-0.39, 0.29) is 12.0 Å². The Kier molecular flexibility index (Phi) is 5.33. The third kappa shape index (κ3) is 3.50. The normalized spacial score (nSPS) is 19.6. The van der Waals surface area contributed by atoms with E-state index in [4.69, 9.17) is 0 Å². The monoisotopic (exact) mass is 458 g/mol. The fourth-order valence-corrected chi connectivity index (χ4v) is 4.78. The van der Waals surface area contributed by atoms with Gasteiger partial charge in [0.25, 0.3) is 0 Å². The van der Waals surface area contributed by atoms with Gasteiger partial charge in [-0.25, -0.2) is 28.4 Å². The van der Waals surface area contributed by atoms with Crippen molar-refractivity contribution in [2.24, 2.45) is 0 Å². The molecule has 2 aliphatic rings. The first-order chi connectivity index (χ1) is 16.4. The van der Waals surface area contributed by atoms with E-state index in [2.05, 4.69) is 21.8 Å². The zero-order chi connectivity index (χ0) is 23.9. The average molecular weight is 458 g/mol. The van der Waals surface area contributed by atoms with E-state index in [1.807, 2.05) is 18.2 Å². The van der Waals surface area contributed by atoms with Crippen LogP contribution in [0.15, 0.2) is 55.0 Å². The summed E-state index contributed by atoms with van der Waals surface area (Å²) in [6, 6.07) is 10.3. The summed E-state index contributed by atoms with van der Waals surface area (Å²) < 4.78 is 30.2. The maximum absolute atomic E-state index is 15.1. The van der Waals surface area contributed by atoms with Gasteiger partial charge < -0.3 is 4.90 Å². The summed E-state index contributed by atoms with van der Waals surface area (Å²) in [6.45, 7) is 0. The van der Waals surface area contributed by atoms with Crippen molar-refractivity contribution in [2.75, 3.05) is 11.9 Å². The zero-order valence-electron chi connectivity index (χ0n) is 18.4. The van der Waals surface area contributed by atoms with Gasteiger partial charge in [-0.3, -0.25) is 4.79 Å². The molecule has 0 bridgehead atoms. The summed E-state index contributed by atoms with van der Waals surface area (Å²) in [5.74, 6) is 2.81. The van der Waals surface area contributed by atoms with E-state index in [1.165, 1.54) is 11.2 Å². The number of aryl methyl sites for hydroxylation is 1. The second-order valence-electron chi connectivity index (χ2n) is 8.42. The number of rotatable bonds is 1. The van der Waals surface area contributed by atoms with Gasteiger partial charge in [-0.05, 0) is 43.5 Å². The topological polar surface area (TPSA) is 66.4 Å². The van der Waals surface area contributed by atoms with Gasteiger partial charge >= 0.3 is 6.03 Å². The summed E-state index contributed by atoms with van der Waals surface area (Å²) >= 11 is 0. The molecule has 170 valence electrons. The fraction of sp³-hybridized carbons (Fsp3) is 0.231. The standard InChI is InChI=1S/C26H20F2N4O2/c1-31-25(34)32(23(33)14-26(31)11-5-8-22-19(26)15-29-16-30-22)24-20(27)12-18(13-21(24)28)10-9-17-6-3-2-4-7-17/h2-4,6-7,12-13,15-16H,5,8,11,14H2,1H3/t26-/m0/s1. The molecule has 1 saturated heterocycles. The van der Waals surface area contributed by atoms with Gasteiger partial charge in [0.1, 0.15) is 12.0 Å². The first-order valence-corrected chi connectivity index (χ1v) is 10.9. The maximum atomic E-state index is 15.1. The number of nitrogens with zero attached hydrogens (tertiary/aromatic N) is 4. The van der Waals surface area contributed by atoms with Crippen LogP contribution in [0.4, 0.5) is 19.3 Å². The molecule has 3 aromatic rings. The summed E-state index contributed by atoms with van der Waals surface area (Å²) in [5, 5.41) is 0. The molecule has 6 nitrogen and oxygen atoms in total. The van der Waals surface area contributed by atoms with E-state index in [0.717, 1.165) is 24.2 Å². The number of halogens is 2. The Balaban J connectivity index is 1.50. The lowest BCUT2D eigenvalue weighted by atomic mass is 9.74. The number of hydrogen-bond donors (Lipinski definition) is 0. The minimum absolute atomic E-state index is 0.0997. The van der Waals surface area contributed by atoms with Crippen LogP contribution in [0, 0.1) is 23.5 Å². The van der Waals surface area contributed by atoms with Crippen molar-refractivity contribution in [2.45, 2.75) is 31.2 Å². The smallest absolute Gasteiger partial charge is 0.317 e. The van der Waals surface area contributed by atoms with Crippen molar-refractivity contribution in [3.8, 4) is 11.8 Å². The Morgan fingerprint density at radius 2 is 1.74 bits per heavy atom. The van der Waals surface area contributed by atoms with Crippen molar-refractivity contribution in [3.05, 3.63) is 89.0 Å². The van der Waals surface area contributed by atoms with Crippen LogP contribution in [0.2, 0.25) is 0 Å². The van der Waals surface area contributed by atoms with Crippen molar-refractivity contribution in [3.63, 3.8) is 0 Å². The Hall–Kier alpha value is -4.12. The highest BCUT2D eigenvalue weighted by Crippen LogP contribution is 2.45. The molecule has 8 heteroatoms. The Morgan fingerprint density at radius 1 is 1.03 bits per heavy atom. The Labute approximate surface area is 195 Å². The largest absolute Gasteiger partial charge is 0.332 e. The van der Waals surface area contributed by atoms with Crippen molar-refractivity contribution < 1.29 is 18.4 Å². The molecule has 0 N–H and O–H groups in total. The number of hydrogen-bond acceptors (Lipinski definition) is 4. The maximum Gasteiger partial charge on any atom is 0.332 e. The quantitative estimate of drug-likeness (QED) is 0.514. The number of urea groups is 1. The van der Waals surface area contributed by atoms with Crippen LogP contribution in [-0.2, 0) is 16.8 Å². The SMILES string of the molecule is CN1C(=O)N(c2c(F)cc(C#Cc3ccccc3)cc2F)C(=O)C[C@]12CCCc1ncncc12. The van der Waals surface area contributed by atoms with E-state index >= 15 is 8.78 Å². The summed E-state index contributed by atoms with van der Waals surface area (Å²) in [4.78, 5) is 36.9. The van der Waals surface area contributed by atoms with Crippen LogP contribution in [0.3, 0.4) is 0 Å². The summed E-state index contributed by atoms with van der Waals surface area (Å²) in [7, 11) is 1.54. The summed E-state index contributed by atoms with van der Waals surface area (Å²) in [6.07, 6.45) is 4.91. The summed E-state index contributed by atoms with van der Waals surface area (Å²) in [5.41, 5.74) is 0.647. The molecular formula is C26H20F2N4O2. The van der Waals surface area contributed by atoms with Gasteiger partial charge in [0.05, 0.1) is 12.0 Å². The lowest BCUT2D eigenvalue weighted by molar-refractivity contribution is -0.123. The molecule has 0 unspecified atom stereocenters. The van der Waals surface area contributed by atoms with Crippen LogP contribution < -0.4 is 4.90 Å². The van der Waals surface area contributed by atoms with Crippen LogP contribution in [0.1, 0.15) is 41.6 Å². The molecule has 1 aromatic heterocycles. The molecule has 5 rings (SSSR count). The first-order valence-electron chi connectivity index (χ1n) is 10.9. The molecule has 2 heterocycles. The Bertz CT molecular complexity index is 1340. The molecular weight excluding hydrogens is 438 g/mol. The lowest BCUT2D eigenvalue weighted by Crippen LogP contribution is -2.62. The van der Waals surface area contributed by atoms with Gasteiger partial charge in [0.2, 0.25) is 5.91 Å². The molecule has 2 aromatic carbocycles. The van der Waals surface area contributed by atoms with Crippen LogP contribution in [-0.4, -0.2) is 33.9 Å². The van der Waals surface area contributed by atoms with Crippen molar-refractivity contribution in [1.29, 1.82) is 0 Å². The van der Waals surface area contributed by atoms with Crippen molar-refractivity contribution in [1.82, 2.24) is 14.9 Å². The number of amides is 3. The van der Waals surface area contributed by atoms with E-state index in [0.29, 0.717) is 28.9 Å². The lowest BCUT2D eigenvalue weighted by Gasteiger charge is -2.49. The second-order valence-corrected chi connectivity index (χ2v) is 8.42. The molecule has 1 aliphatic carbocycles. The van der Waals surface area contributed by atoms with Gasteiger partial charge in [-0.1, -0.05) is 30.0 Å². The van der Waals surface area contributed by atoms with E-state index in [1.54, 1.807) is 25.4 Å². The van der Waals surface area contributed by atoms with E-state index < -0.39 is 34.8 Å². The van der Waals surface area contributed by atoms with E-state index in [9.17, 15) is 9.59 Å². The van der Waals surface area contributed by atoms with Crippen molar-refractivity contribution >= 4 is 17.6 Å². The third-order valence-corrected chi connectivity index (χ3v) is 6.48. The fourth-order valence-electron chi connectivity index (χ4n) is 4.78. The highest BCUT2D eigenvalue weighted by Gasteiger charge is 2.52. The molecule has 0 radical (unpaired) electrons. The average Bonchev–Trinajstić information content (AvgIpc) is 2.84. The van der Waals surface area contributed by atoms with Crippen LogP contribution in [0.5, 0.6) is 0 Å². The predicted molar refractivity (Wildman–Crippen MR) is 121 cm³/mol. The number of imide groups is 1. The number of benzene rings is 2. The highest BCUT2D eigenvalue weighted by atomic mass is 19.1. The number of anilines is 1. The number of carbonyl (C=O) groups is 2. The van der Waals surface area contributed by atoms with Gasteiger partial charge in [0, 0.05) is 35.6 Å². The second kappa shape index (κ2) is 8.34. The molecule has 0 saturated carbocycles. The highest BCUT2D eigenvalue weighted by molar-refractivity contribution is 6.16. The molecule has 34 heavy (non-hydrogen) atoms.